The van der Waals surface area contributed by atoms with Crippen LogP contribution in [-0.4, -0.2) is 15.0 Å². The molecule has 1 heterocycles. The van der Waals surface area contributed by atoms with Gasteiger partial charge < -0.3 is 0 Å². The zero-order chi connectivity index (χ0) is 10.4. The molecule has 3 heteroatoms. The van der Waals surface area contributed by atoms with Gasteiger partial charge >= 0.3 is 0 Å². The molecule has 0 N–H and O–H groups in total. The van der Waals surface area contributed by atoms with Gasteiger partial charge in [-0.2, -0.15) is 15.0 Å². The van der Waals surface area contributed by atoms with Crippen LogP contribution >= 0.6 is 0 Å². The van der Waals surface area contributed by atoms with Crippen LogP contribution in [0.4, 0.5) is 0 Å². The summed E-state index contributed by atoms with van der Waals surface area (Å²) in [5, 5.41) is 8.54. The van der Waals surface area contributed by atoms with Crippen molar-refractivity contribution < 1.29 is 0 Å². The lowest BCUT2D eigenvalue weighted by Crippen LogP contribution is -1.94. The van der Waals surface area contributed by atoms with Gasteiger partial charge in [-0.15, -0.1) is 0 Å². The van der Waals surface area contributed by atoms with E-state index in [0.717, 1.165) is 17.8 Å². The molecule has 0 aromatic carbocycles. The van der Waals surface area contributed by atoms with Gasteiger partial charge in [0.05, 0.1) is 11.4 Å². The first kappa shape index (κ1) is 12.1. The zero-order valence-corrected chi connectivity index (χ0v) is 9.63. The molecule has 1 aromatic rings. The van der Waals surface area contributed by atoms with E-state index in [9.17, 15) is 0 Å². The van der Waals surface area contributed by atoms with Crippen LogP contribution in [-0.2, 0) is 13.5 Å². The van der Waals surface area contributed by atoms with E-state index in [1.54, 1.807) is 4.80 Å². The predicted octanol–water partition coefficient (Wildman–Crippen LogP) is 2.53. The molecule has 13 heavy (non-hydrogen) atoms. The van der Waals surface area contributed by atoms with E-state index in [2.05, 4.69) is 31.0 Å². The lowest BCUT2D eigenvalue weighted by molar-refractivity contribution is 0.633. The summed E-state index contributed by atoms with van der Waals surface area (Å²) < 4.78 is 0. The normalized spacial score (nSPS) is 9.77. The van der Waals surface area contributed by atoms with Crippen molar-refractivity contribution in [2.45, 2.75) is 47.0 Å². The van der Waals surface area contributed by atoms with Gasteiger partial charge in [0, 0.05) is 7.05 Å². The summed E-state index contributed by atoms with van der Waals surface area (Å²) in [6.45, 7) is 10.4. The van der Waals surface area contributed by atoms with Crippen LogP contribution in [0.2, 0.25) is 0 Å². The third kappa shape index (κ3) is 3.17. The Hall–Kier alpha value is -0.860. The maximum atomic E-state index is 4.29. The summed E-state index contributed by atoms with van der Waals surface area (Å²) in [4.78, 5) is 1.65. The van der Waals surface area contributed by atoms with Crippen molar-refractivity contribution in [3.63, 3.8) is 0 Å². The average Bonchev–Trinajstić information content (AvgIpc) is 2.50. The fraction of sp³-hybridized carbons (Fsp3) is 0.800. The van der Waals surface area contributed by atoms with Crippen molar-refractivity contribution >= 4 is 0 Å². The third-order valence-corrected chi connectivity index (χ3v) is 1.70. The van der Waals surface area contributed by atoms with E-state index in [1.807, 2.05) is 20.9 Å². The van der Waals surface area contributed by atoms with Gasteiger partial charge in [0.15, 0.2) is 0 Å². The molecule has 0 bridgehead atoms. The fourth-order valence-corrected chi connectivity index (χ4v) is 1.16. The first-order valence-corrected chi connectivity index (χ1v) is 5.05. The van der Waals surface area contributed by atoms with E-state index in [0.29, 0.717) is 5.92 Å². The molecule has 0 amide bonds. The molecule has 1 rings (SSSR count). The summed E-state index contributed by atoms with van der Waals surface area (Å²) in [7, 11) is 1.87. The summed E-state index contributed by atoms with van der Waals surface area (Å²) in [6.07, 6.45) is 0.974. The summed E-state index contributed by atoms with van der Waals surface area (Å²) in [5.41, 5.74) is 2.26. The lowest BCUT2D eigenvalue weighted by Gasteiger charge is -1.99. The molecular weight excluding hydrogens is 162 g/mol. The smallest absolute Gasteiger partial charge is 0.0884 e. The highest BCUT2D eigenvalue weighted by Crippen LogP contribution is 2.14. The van der Waals surface area contributed by atoms with Gasteiger partial charge in [0.2, 0.25) is 0 Å². The minimum absolute atomic E-state index is 0.485. The number of nitrogens with zero attached hydrogens (tertiary/aromatic N) is 3. The van der Waals surface area contributed by atoms with Gasteiger partial charge in [-0.25, -0.2) is 0 Å². The number of aryl methyl sites for hydroxylation is 2. The van der Waals surface area contributed by atoms with Crippen molar-refractivity contribution in [3.05, 3.63) is 11.4 Å². The van der Waals surface area contributed by atoms with Crippen LogP contribution in [0, 0.1) is 0 Å². The van der Waals surface area contributed by atoms with Crippen LogP contribution < -0.4 is 0 Å². The first-order chi connectivity index (χ1) is 6.15. The largest absolute Gasteiger partial charge is 0.188 e. The van der Waals surface area contributed by atoms with Crippen molar-refractivity contribution in [2.75, 3.05) is 0 Å². The number of hydrogen-bond donors (Lipinski definition) is 0. The van der Waals surface area contributed by atoms with Crippen LogP contribution in [0.3, 0.4) is 0 Å². The Morgan fingerprint density at radius 3 is 2.08 bits per heavy atom. The number of aromatic nitrogens is 3. The monoisotopic (exact) mass is 183 g/mol. The lowest BCUT2D eigenvalue weighted by atomic mass is 10.1. The van der Waals surface area contributed by atoms with Gasteiger partial charge in [0.1, 0.15) is 0 Å². The molecule has 0 fully saturated rings. The van der Waals surface area contributed by atoms with Gasteiger partial charge in [-0.1, -0.05) is 34.6 Å². The van der Waals surface area contributed by atoms with E-state index in [4.69, 9.17) is 0 Å². The van der Waals surface area contributed by atoms with Crippen molar-refractivity contribution in [2.24, 2.45) is 7.05 Å². The second-order valence-electron chi connectivity index (χ2n) is 3.03. The Bertz CT molecular complexity index is 238. The molecule has 3 nitrogen and oxygen atoms in total. The molecule has 76 valence electrons. The highest BCUT2D eigenvalue weighted by molar-refractivity contribution is 5.12. The molecule has 0 aliphatic carbocycles. The van der Waals surface area contributed by atoms with Gasteiger partial charge in [-0.05, 0) is 12.3 Å². The Labute approximate surface area is 81.2 Å². The highest BCUT2D eigenvalue weighted by atomic mass is 15.5. The Balaban J connectivity index is 0.000000671. The number of rotatable bonds is 2. The Kier molecular flexibility index (Phi) is 5.35. The highest BCUT2D eigenvalue weighted by Gasteiger charge is 2.10. The van der Waals surface area contributed by atoms with E-state index < -0.39 is 0 Å². The molecule has 0 aliphatic rings. The van der Waals surface area contributed by atoms with Crippen molar-refractivity contribution in [1.29, 1.82) is 0 Å². The quantitative estimate of drug-likeness (QED) is 0.705. The zero-order valence-electron chi connectivity index (χ0n) is 9.63. The summed E-state index contributed by atoms with van der Waals surface area (Å²) in [6, 6.07) is 0. The molecule has 0 saturated carbocycles. The van der Waals surface area contributed by atoms with E-state index in [1.165, 1.54) is 0 Å². The molecule has 0 unspecified atom stereocenters. The molecule has 0 saturated heterocycles. The van der Waals surface area contributed by atoms with Crippen molar-refractivity contribution in [1.82, 2.24) is 15.0 Å². The standard InChI is InChI=1S/C8H15N3.C2H6/c1-5-7-8(6(2)3)10-11(4)9-7;1-2/h6H,5H2,1-4H3;1-2H3. The van der Waals surface area contributed by atoms with E-state index >= 15 is 0 Å². The molecule has 0 atom stereocenters. The van der Waals surface area contributed by atoms with Crippen LogP contribution in [0.25, 0.3) is 0 Å². The SMILES string of the molecule is CC.CCc1nn(C)nc1C(C)C. The molecule has 1 aromatic heterocycles. The molecule has 0 radical (unpaired) electrons. The minimum Gasteiger partial charge on any atom is -0.188 e. The van der Waals surface area contributed by atoms with Gasteiger partial charge in [-0.3, -0.25) is 0 Å². The summed E-state index contributed by atoms with van der Waals surface area (Å²) >= 11 is 0. The minimum atomic E-state index is 0.485. The van der Waals surface area contributed by atoms with Crippen LogP contribution in [0.15, 0.2) is 0 Å². The fourth-order valence-electron chi connectivity index (χ4n) is 1.16. The number of hydrogen-bond acceptors (Lipinski definition) is 2. The Morgan fingerprint density at radius 2 is 1.77 bits per heavy atom. The summed E-state index contributed by atoms with van der Waals surface area (Å²) in [5.74, 6) is 0.485. The maximum absolute atomic E-state index is 4.29. The second kappa shape index (κ2) is 5.73. The Morgan fingerprint density at radius 1 is 1.23 bits per heavy atom. The molecule has 0 spiro atoms. The van der Waals surface area contributed by atoms with Crippen LogP contribution in [0.5, 0.6) is 0 Å². The second-order valence-corrected chi connectivity index (χ2v) is 3.03. The topological polar surface area (TPSA) is 30.7 Å². The average molecular weight is 183 g/mol. The maximum Gasteiger partial charge on any atom is 0.0884 e. The third-order valence-electron chi connectivity index (χ3n) is 1.70. The molecular formula is C10H21N3. The predicted molar refractivity (Wildman–Crippen MR) is 55.8 cm³/mol. The van der Waals surface area contributed by atoms with Crippen LogP contribution in [0.1, 0.15) is 51.9 Å². The van der Waals surface area contributed by atoms with Crippen molar-refractivity contribution in [3.8, 4) is 0 Å². The van der Waals surface area contributed by atoms with Gasteiger partial charge in [0.25, 0.3) is 0 Å². The first-order valence-electron chi connectivity index (χ1n) is 5.05. The molecule has 0 aliphatic heterocycles. The van der Waals surface area contributed by atoms with E-state index in [-0.39, 0.29) is 0 Å².